The molecule has 2 aromatic carbocycles. The molecule has 0 spiro atoms. The van der Waals surface area contributed by atoms with Gasteiger partial charge >= 0.3 is 0 Å². The molecule has 0 saturated carbocycles. The summed E-state index contributed by atoms with van der Waals surface area (Å²) in [7, 11) is 0. The Hall–Kier alpha value is -2.22. The van der Waals surface area contributed by atoms with Crippen LogP contribution in [0.1, 0.15) is 37.5 Å². The number of fused-ring (bicyclic) bond motifs is 1. The molecule has 0 amide bonds. The van der Waals surface area contributed by atoms with Crippen LogP contribution in [0.3, 0.4) is 0 Å². The average Bonchev–Trinajstić information content (AvgIpc) is 2.93. The predicted octanol–water partition coefficient (Wildman–Crippen LogP) is 5.23. The van der Waals surface area contributed by atoms with Gasteiger partial charge in [0.1, 0.15) is 5.75 Å². The summed E-state index contributed by atoms with van der Waals surface area (Å²) in [5.74, 6) is 0.461. The highest BCUT2D eigenvalue weighted by Crippen LogP contribution is 2.35. The molecular formula is C20H23NO. The lowest BCUT2D eigenvalue weighted by atomic mass is 9.96. The van der Waals surface area contributed by atoms with Crippen molar-refractivity contribution in [2.45, 2.75) is 40.0 Å². The van der Waals surface area contributed by atoms with Crippen molar-refractivity contribution >= 4 is 10.9 Å². The summed E-state index contributed by atoms with van der Waals surface area (Å²) in [6.45, 7) is 6.37. The standard InChI is InChI=1S/C20H23NO/c1-4-13-11-15(12-14(5-2)20(13)22)19-16(6-3)17-9-7-8-10-18(17)21-19/h7-12,21-22H,4-6H2,1-3H3. The van der Waals surface area contributed by atoms with Crippen molar-refractivity contribution in [1.29, 1.82) is 0 Å². The van der Waals surface area contributed by atoms with Gasteiger partial charge in [-0.25, -0.2) is 0 Å². The van der Waals surface area contributed by atoms with Gasteiger partial charge in [-0.15, -0.1) is 0 Å². The van der Waals surface area contributed by atoms with E-state index in [1.807, 2.05) is 0 Å². The van der Waals surface area contributed by atoms with Crippen LogP contribution >= 0.6 is 0 Å². The Balaban J connectivity index is 2.27. The van der Waals surface area contributed by atoms with Gasteiger partial charge in [0, 0.05) is 16.6 Å². The Labute approximate surface area is 131 Å². The maximum atomic E-state index is 10.3. The topological polar surface area (TPSA) is 36.0 Å². The van der Waals surface area contributed by atoms with Crippen LogP contribution in [0.25, 0.3) is 22.2 Å². The Morgan fingerprint density at radius 2 is 1.55 bits per heavy atom. The minimum absolute atomic E-state index is 0.461. The van der Waals surface area contributed by atoms with E-state index in [0.717, 1.165) is 30.4 Å². The van der Waals surface area contributed by atoms with Gasteiger partial charge in [-0.3, -0.25) is 0 Å². The largest absolute Gasteiger partial charge is 0.507 e. The van der Waals surface area contributed by atoms with E-state index in [1.54, 1.807) is 0 Å². The molecule has 3 aromatic rings. The van der Waals surface area contributed by atoms with Crippen LogP contribution in [-0.4, -0.2) is 10.1 Å². The first kappa shape index (κ1) is 14.7. The van der Waals surface area contributed by atoms with Gasteiger partial charge in [-0.2, -0.15) is 0 Å². The molecule has 3 rings (SSSR count). The summed E-state index contributed by atoms with van der Waals surface area (Å²) >= 11 is 0. The minimum atomic E-state index is 0.461. The van der Waals surface area contributed by atoms with Gasteiger partial charge in [0.15, 0.2) is 0 Å². The first-order valence-electron chi connectivity index (χ1n) is 8.14. The molecule has 0 aliphatic heterocycles. The van der Waals surface area contributed by atoms with Crippen LogP contribution < -0.4 is 0 Å². The quantitative estimate of drug-likeness (QED) is 0.679. The second kappa shape index (κ2) is 5.88. The van der Waals surface area contributed by atoms with E-state index in [1.165, 1.54) is 27.7 Å². The maximum absolute atomic E-state index is 10.3. The summed E-state index contributed by atoms with van der Waals surface area (Å²) in [4.78, 5) is 3.57. The normalized spacial score (nSPS) is 11.2. The molecular weight excluding hydrogens is 270 g/mol. The number of aromatic nitrogens is 1. The fourth-order valence-corrected chi connectivity index (χ4v) is 3.26. The number of rotatable bonds is 4. The molecule has 0 bridgehead atoms. The lowest BCUT2D eigenvalue weighted by molar-refractivity contribution is 0.462. The first-order chi connectivity index (χ1) is 10.7. The molecule has 2 N–H and O–H groups in total. The van der Waals surface area contributed by atoms with E-state index in [9.17, 15) is 5.11 Å². The van der Waals surface area contributed by atoms with Crippen molar-refractivity contribution in [3.8, 4) is 17.0 Å². The van der Waals surface area contributed by atoms with E-state index < -0.39 is 0 Å². The highest BCUT2D eigenvalue weighted by molar-refractivity contribution is 5.91. The second-order valence-corrected chi connectivity index (χ2v) is 5.73. The number of hydrogen-bond donors (Lipinski definition) is 2. The molecule has 0 aliphatic rings. The third-order valence-electron chi connectivity index (χ3n) is 4.49. The van der Waals surface area contributed by atoms with Gasteiger partial charge in [-0.05, 0) is 59.7 Å². The molecule has 0 unspecified atom stereocenters. The lowest BCUT2D eigenvalue weighted by Gasteiger charge is -2.11. The average molecular weight is 293 g/mol. The highest BCUT2D eigenvalue weighted by Gasteiger charge is 2.14. The molecule has 2 nitrogen and oxygen atoms in total. The van der Waals surface area contributed by atoms with E-state index in [-0.39, 0.29) is 0 Å². The third-order valence-corrected chi connectivity index (χ3v) is 4.49. The maximum Gasteiger partial charge on any atom is 0.121 e. The SMILES string of the molecule is CCc1cc(-c2[nH]c3ccccc3c2CC)cc(CC)c1O. The van der Waals surface area contributed by atoms with E-state index >= 15 is 0 Å². The zero-order valence-corrected chi connectivity index (χ0v) is 13.5. The molecule has 0 fully saturated rings. The van der Waals surface area contributed by atoms with Crippen LogP contribution in [0, 0.1) is 0 Å². The van der Waals surface area contributed by atoms with E-state index in [0.29, 0.717) is 5.75 Å². The Morgan fingerprint density at radius 3 is 2.14 bits per heavy atom. The van der Waals surface area contributed by atoms with Crippen LogP contribution in [0.5, 0.6) is 5.75 Å². The van der Waals surface area contributed by atoms with Crippen molar-refractivity contribution in [2.24, 2.45) is 0 Å². The van der Waals surface area contributed by atoms with Gasteiger partial charge in [0.25, 0.3) is 0 Å². The number of phenols is 1. The zero-order chi connectivity index (χ0) is 15.7. The van der Waals surface area contributed by atoms with Crippen molar-refractivity contribution in [1.82, 2.24) is 4.98 Å². The van der Waals surface area contributed by atoms with Gasteiger partial charge < -0.3 is 10.1 Å². The lowest BCUT2D eigenvalue weighted by Crippen LogP contribution is -1.93. The molecule has 0 saturated heterocycles. The molecule has 0 aliphatic carbocycles. The number of H-pyrrole nitrogens is 1. The molecule has 114 valence electrons. The highest BCUT2D eigenvalue weighted by atomic mass is 16.3. The fourth-order valence-electron chi connectivity index (χ4n) is 3.26. The summed E-state index contributed by atoms with van der Waals surface area (Å²) in [5, 5.41) is 11.6. The first-order valence-corrected chi connectivity index (χ1v) is 8.14. The molecule has 1 aromatic heterocycles. The van der Waals surface area contributed by atoms with Crippen molar-refractivity contribution in [2.75, 3.05) is 0 Å². The minimum Gasteiger partial charge on any atom is -0.507 e. The van der Waals surface area contributed by atoms with Crippen molar-refractivity contribution < 1.29 is 5.11 Å². The Bertz CT molecular complexity index is 789. The van der Waals surface area contributed by atoms with Gasteiger partial charge in [0.05, 0.1) is 0 Å². The summed E-state index contributed by atoms with van der Waals surface area (Å²) in [5.41, 5.74) is 6.95. The van der Waals surface area contributed by atoms with Crippen LogP contribution in [0.15, 0.2) is 36.4 Å². The Kier molecular flexibility index (Phi) is 3.93. The van der Waals surface area contributed by atoms with Gasteiger partial charge in [0.2, 0.25) is 0 Å². The van der Waals surface area contributed by atoms with Crippen molar-refractivity contribution in [3.63, 3.8) is 0 Å². The number of aromatic hydroxyl groups is 1. The summed E-state index contributed by atoms with van der Waals surface area (Å²) in [6.07, 6.45) is 2.67. The molecule has 2 heteroatoms. The summed E-state index contributed by atoms with van der Waals surface area (Å²) < 4.78 is 0. The molecule has 0 radical (unpaired) electrons. The number of para-hydroxylation sites is 1. The van der Waals surface area contributed by atoms with Crippen LogP contribution in [0.2, 0.25) is 0 Å². The number of benzene rings is 2. The molecule has 22 heavy (non-hydrogen) atoms. The van der Waals surface area contributed by atoms with E-state index in [2.05, 4.69) is 62.2 Å². The fraction of sp³-hybridized carbons (Fsp3) is 0.300. The number of phenolic OH excluding ortho intramolecular Hbond substituents is 1. The molecule has 1 heterocycles. The smallest absolute Gasteiger partial charge is 0.121 e. The predicted molar refractivity (Wildman–Crippen MR) is 93.5 cm³/mol. The zero-order valence-electron chi connectivity index (χ0n) is 13.5. The Morgan fingerprint density at radius 1 is 0.909 bits per heavy atom. The summed E-state index contributed by atoms with van der Waals surface area (Å²) in [6, 6.07) is 12.7. The number of aryl methyl sites for hydroxylation is 3. The monoisotopic (exact) mass is 293 g/mol. The third kappa shape index (κ3) is 2.29. The molecule has 0 atom stereocenters. The number of nitrogens with one attached hydrogen (secondary N) is 1. The van der Waals surface area contributed by atoms with Crippen LogP contribution in [0.4, 0.5) is 0 Å². The van der Waals surface area contributed by atoms with Crippen molar-refractivity contribution in [3.05, 3.63) is 53.1 Å². The number of hydrogen-bond acceptors (Lipinski definition) is 1. The van der Waals surface area contributed by atoms with E-state index in [4.69, 9.17) is 0 Å². The second-order valence-electron chi connectivity index (χ2n) is 5.73. The van der Waals surface area contributed by atoms with Gasteiger partial charge in [-0.1, -0.05) is 39.0 Å². The van der Waals surface area contributed by atoms with Crippen LogP contribution in [-0.2, 0) is 19.3 Å². The number of aromatic amines is 1.